The van der Waals surface area contributed by atoms with Crippen LogP contribution in [0.1, 0.15) is 52.4 Å². The lowest BCUT2D eigenvalue weighted by Gasteiger charge is -2.33. The van der Waals surface area contributed by atoms with Crippen molar-refractivity contribution in [1.29, 1.82) is 0 Å². The van der Waals surface area contributed by atoms with Gasteiger partial charge in [-0.2, -0.15) is 11.8 Å². The smallest absolute Gasteiger partial charge is 0.00951 e. The molecule has 0 spiro atoms. The molecule has 0 amide bonds. The number of thioether (sulfide) groups is 1. The molecule has 2 heteroatoms. The van der Waals surface area contributed by atoms with Crippen molar-refractivity contribution in [2.45, 2.75) is 69.7 Å². The molecule has 2 saturated carbocycles. The van der Waals surface area contributed by atoms with Crippen molar-refractivity contribution < 1.29 is 0 Å². The summed E-state index contributed by atoms with van der Waals surface area (Å²) in [6, 6.07) is 1.52. The van der Waals surface area contributed by atoms with Gasteiger partial charge in [0.25, 0.3) is 0 Å². The summed E-state index contributed by atoms with van der Waals surface area (Å²) in [5.74, 6) is 0. The first-order valence-electron chi connectivity index (χ1n) is 6.43. The second-order valence-corrected chi connectivity index (χ2v) is 6.90. The van der Waals surface area contributed by atoms with Crippen LogP contribution in [-0.2, 0) is 0 Å². The van der Waals surface area contributed by atoms with E-state index < -0.39 is 0 Å². The van der Waals surface area contributed by atoms with Gasteiger partial charge >= 0.3 is 0 Å². The molecular weight excluding hydrogens is 202 g/mol. The van der Waals surface area contributed by atoms with Crippen molar-refractivity contribution in [3.05, 3.63) is 0 Å². The zero-order valence-corrected chi connectivity index (χ0v) is 11.2. The van der Waals surface area contributed by atoms with Crippen LogP contribution < -0.4 is 5.32 Å². The minimum atomic E-state index is 0.631. The van der Waals surface area contributed by atoms with E-state index in [1.165, 1.54) is 38.5 Å². The number of hydrogen-bond donors (Lipinski definition) is 1. The van der Waals surface area contributed by atoms with Crippen molar-refractivity contribution in [1.82, 2.24) is 5.32 Å². The third kappa shape index (κ3) is 2.91. The highest BCUT2D eigenvalue weighted by Gasteiger charge is 2.43. The molecule has 0 saturated heterocycles. The van der Waals surface area contributed by atoms with E-state index in [2.05, 4.69) is 37.2 Å². The Morgan fingerprint density at radius 3 is 2.67 bits per heavy atom. The maximum atomic E-state index is 3.87. The van der Waals surface area contributed by atoms with Gasteiger partial charge in [-0.05, 0) is 50.7 Å². The summed E-state index contributed by atoms with van der Waals surface area (Å²) in [5, 5.41) is 4.78. The Hall–Kier alpha value is 0.310. The van der Waals surface area contributed by atoms with E-state index in [1.807, 2.05) is 0 Å². The van der Waals surface area contributed by atoms with Crippen LogP contribution in [0, 0.1) is 5.41 Å². The maximum absolute atomic E-state index is 3.87. The molecule has 1 N–H and O–H groups in total. The van der Waals surface area contributed by atoms with Gasteiger partial charge in [-0.25, -0.2) is 0 Å². The molecule has 2 aliphatic rings. The summed E-state index contributed by atoms with van der Waals surface area (Å²) in [6.45, 7) is 4.81. The van der Waals surface area contributed by atoms with Crippen molar-refractivity contribution in [2.75, 3.05) is 6.26 Å². The number of nitrogens with one attached hydrogen (secondary N) is 1. The van der Waals surface area contributed by atoms with Crippen LogP contribution in [0.5, 0.6) is 0 Å². The van der Waals surface area contributed by atoms with E-state index in [1.54, 1.807) is 0 Å². The molecule has 0 aromatic heterocycles. The lowest BCUT2D eigenvalue weighted by atomic mass is 9.92. The lowest BCUT2D eigenvalue weighted by molar-refractivity contribution is 0.293. The first-order chi connectivity index (χ1) is 7.14. The van der Waals surface area contributed by atoms with Crippen LogP contribution in [0.15, 0.2) is 0 Å². The van der Waals surface area contributed by atoms with E-state index in [9.17, 15) is 0 Å². The van der Waals surface area contributed by atoms with E-state index in [0.29, 0.717) is 5.41 Å². The summed E-state index contributed by atoms with van der Waals surface area (Å²) >= 11 is 2.06. The Morgan fingerprint density at radius 2 is 2.07 bits per heavy atom. The molecule has 0 aromatic rings. The highest BCUT2D eigenvalue weighted by Crippen LogP contribution is 2.48. The van der Waals surface area contributed by atoms with Gasteiger partial charge < -0.3 is 5.32 Å². The standard InChI is InChI=1S/C13H25NS/c1-10(13(2)7-8-13)14-11-5-4-6-12(9-11)15-3/h10-12,14H,4-9H2,1-3H3. The van der Waals surface area contributed by atoms with Crippen molar-refractivity contribution in [3.8, 4) is 0 Å². The van der Waals surface area contributed by atoms with Crippen LogP contribution in [-0.4, -0.2) is 23.6 Å². The van der Waals surface area contributed by atoms with Crippen LogP contribution in [0.3, 0.4) is 0 Å². The molecule has 1 nitrogen and oxygen atoms in total. The molecule has 0 bridgehead atoms. The normalized spacial score (nSPS) is 36.2. The third-order valence-corrected chi connectivity index (χ3v) is 5.62. The van der Waals surface area contributed by atoms with Crippen LogP contribution in [0.4, 0.5) is 0 Å². The van der Waals surface area contributed by atoms with Gasteiger partial charge in [-0.15, -0.1) is 0 Å². The topological polar surface area (TPSA) is 12.0 Å². The van der Waals surface area contributed by atoms with E-state index in [-0.39, 0.29) is 0 Å². The zero-order chi connectivity index (χ0) is 10.9. The van der Waals surface area contributed by atoms with Gasteiger partial charge in [-0.3, -0.25) is 0 Å². The molecular formula is C13H25NS. The largest absolute Gasteiger partial charge is 0.311 e. The summed E-state index contributed by atoms with van der Waals surface area (Å²) in [6.07, 6.45) is 10.8. The predicted molar refractivity (Wildman–Crippen MR) is 69.5 cm³/mol. The molecule has 3 unspecified atom stereocenters. The average Bonchev–Trinajstić information content (AvgIpc) is 2.98. The van der Waals surface area contributed by atoms with E-state index in [4.69, 9.17) is 0 Å². The number of rotatable bonds is 4. The Kier molecular flexibility index (Phi) is 3.67. The van der Waals surface area contributed by atoms with Gasteiger partial charge in [0.05, 0.1) is 0 Å². The Morgan fingerprint density at radius 1 is 1.33 bits per heavy atom. The molecule has 2 fully saturated rings. The minimum Gasteiger partial charge on any atom is -0.311 e. The fourth-order valence-electron chi connectivity index (χ4n) is 2.70. The highest BCUT2D eigenvalue weighted by molar-refractivity contribution is 7.99. The molecule has 3 atom stereocenters. The molecule has 15 heavy (non-hydrogen) atoms. The first-order valence-corrected chi connectivity index (χ1v) is 7.72. The summed E-state index contributed by atoms with van der Waals surface area (Å²) in [7, 11) is 0. The van der Waals surface area contributed by atoms with Gasteiger partial charge in [0.2, 0.25) is 0 Å². The van der Waals surface area contributed by atoms with Crippen LogP contribution >= 0.6 is 11.8 Å². The van der Waals surface area contributed by atoms with Crippen molar-refractivity contribution in [3.63, 3.8) is 0 Å². The molecule has 0 heterocycles. The third-order valence-electron chi connectivity index (χ3n) is 4.53. The van der Waals surface area contributed by atoms with Crippen LogP contribution in [0.25, 0.3) is 0 Å². The SMILES string of the molecule is CSC1CCCC(NC(C)C2(C)CC2)C1. The van der Waals surface area contributed by atoms with Crippen molar-refractivity contribution >= 4 is 11.8 Å². The average molecular weight is 227 g/mol. The molecule has 2 rings (SSSR count). The Bertz CT molecular complexity index is 213. The first kappa shape index (κ1) is 11.8. The molecule has 0 aromatic carbocycles. The van der Waals surface area contributed by atoms with Crippen LogP contribution in [0.2, 0.25) is 0 Å². The maximum Gasteiger partial charge on any atom is 0.00951 e. The fourth-order valence-corrected chi connectivity index (χ4v) is 3.52. The Balaban J connectivity index is 1.78. The predicted octanol–water partition coefficient (Wildman–Crippen LogP) is 3.44. The second-order valence-electron chi connectivity index (χ2n) is 5.76. The fraction of sp³-hybridized carbons (Fsp3) is 1.00. The Labute approximate surface area is 98.8 Å². The van der Waals surface area contributed by atoms with Gasteiger partial charge in [0.1, 0.15) is 0 Å². The summed E-state index contributed by atoms with van der Waals surface area (Å²) in [4.78, 5) is 0. The number of hydrogen-bond acceptors (Lipinski definition) is 2. The minimum absolute atomic E-state index is 0.631. The monoisotopic (exact) mass is 227 g/mol. The van der Waals surface area contributed by atoms with E-state index in [0.717, 1.165) is 17.3 Å². The summed E-state index contributed by atoms with van der Waals surface area (Å²) in [5.41, 5.74) is 0.631. The lowest BCUT2D eigenvalue weighted by Crippen LogP contribution is -2.43. The second kappa shape index (κ2) is 4.67. The quantitative estimate of drug-likeness (QED) is 0.789. The van der Waals surface area contributed by atoms with E-state index >= 15 is 0 Å². The zero-order valence-electron chi connectivity index (χ0n) is 10.4. The molecule has 2 aliphatic carbocycles. The van der Waals surface area contributed by atoms with Gasteiger partial charge in [0, 0.05) is 17.3 Å². The molecule has 0 aliphatic heterocycles. The highest BCUT2D eigenvalue weighted by atomic mass is 32.2. The molecule has 0 radical (unpaired) electrons. The van der Waals surface area contributed by atoms with Gasteiger partial charge in [-0.1, -0.05) is 13.3 Å². The summed E-state index contributed by atoms with van der Waals surface area (Å²) < 4.78 is 0. The molecule has 88 valence electrons. The van der Waals surface area contributed by atoms with Gasteiger partial charge in [0.15, 0.2) is 0 Å². The van der Waals surface area contributed by atoms with Crippen molar-refractivity contribution in [2.24, 2.45) is 5.41 Å².